The highest BCUT2D eigenvalue weighted by molar-refractivity contribution is 9.10. The molecule has 2 N–H and O–H groups in total. The molecule has 0 aromatic heterocycles. The predicted molar refractivity (Wildman–Crippen MR) is 72.5 cm³/mol. The number of carbonyl (C=O) groups excluding carboxylic acids is 1. The Bertz CT molecular complexity index is 433. The van der Waals surface area contributed by atoms with Crippen molar-refractivity contribution in [2.45, 2.75) is 18.9 Å². The summed E-state index contributed by atoms with van der Waals surface area (Å²) in [6, 6.07) is 5.89. The molecule has 0 saturated carbocycles. The van der Waals surface area contributed by atoms with Crippen molar-refractivity contribution < 1.29 is 9.53 Å². The number of Topliss-reactive ketones (excluding diaryl/α,β-unsaturated/α-hetero) is 1. The summed E-state index contributed by atoms with van der Waals surface area (Å²) in [5.41, 5.74) is 7.81. The van der Waals surface area contributed by atoms with Crippen LogP contribution in [0, 0.1) is 0 Å². The number of halogens is 2. The first-order valence-electron chi connectivity index (χ1n) is 5.16. The van der Waals surface area contributed by atoms with E-state index in [4.69, 9.17) is 10.5 Å². The quantitative estimate of drug-likeness (QED) is 0.929. The molecular weight excluding hydrogens is 305 g/mol. The lowest BCUT2D eigenvalue weighted by molar-refractivity contribution is -0.116. The highest BCUT2D eigenvalue weighted by atomic mass is 79.9. The smallest absolute Gasteiger partial charge is 0.134 e. The van der Waals surface area contributed by atoms with Gasteiger partial charge >= 0.3 is 0 Å². The Morgan fingerprint density at radius 1 is 1.53 bits per heavy atom. The lowest BCUT2D eigenvalue weighted by atomic mass is 9.84. The van der Waals surface area contributed by atoms with Crippen molar-refractivity contribution in [2.24, 2.45) is 5.73 Å². The van der Waals surface area contributed by atoms with Crippen LogP contribution in [0.25, 0.3) is 0 Å². The van der Waals surface area contributed by atoms with Crippen LogP contribution in [-0.2, 0) is 21.5 Å². The third-order valence-electron chi connectivity index (χ3n) is 2.76. The van der Waals surface area contributed by atoms with Crippen molar-refractivity contribution in [3.63, 3.8) is 0 Å². The fraction of sp³-hybridized carbons (Fsp3) is 0.417. The maximum absolute atomic E-state index is 11.2. The van der Waals surface area contributed by atoms with Crippen LogP contribution in [0.2, 0.25) is 0 Å². The minimum absolute atomic E-state index is 0. The number of nitrogens with two attached hydrogens (primary N) is 1. The number of hydrogen-bond acceptors (Lipinski definition) is 3. The zero-order valence-corrected chi connectivity index (χ0v) is 11.9. The number of ketones is 1. The summed E-state index contributed by atoms with van der Waals surface area (Å²) in [7, 11) is 0. The lowest BCUT2D eigenvalue weighted by Gasteiger charge is -2.39. The predicted octanol–water partition coefficient (Wildman–Crippen LogP) is 2.19. The Hall–Kier alpha value is -0.420. The van der Waals surface area contributed by atoms with Gasteiger partial charge in [-0.2, -0.15) is 0 Å². The SMILES string of the molecule is CC(=O)Cc1cc(Br)ccc1C1(N)COC1.Cl. The molecule has 2 rings (SSSR count). The first kappa shape index (κ1) is 14.6. The van der Waals surface area contributed by atoms with Gasteiger partial charge in [0.05, 0.1) is 18.8 Å². The molecule has 1 aliphatic rings. The van der Waals surface area contributed by atoms with Crippen LogP contribution in [0.1, 0.15) is 18.1 Å². The van der Waals surface area contributed by atoms with E-state index in [9.17, 15) is 4.79 Å². The average Bonchev–Trinajstić information content (AvgIpc) is 2.13. The molecule has 1 fully saturated rings. The highest BCUT2D eigenvalue weighted by Gasteiger charge is 2.37. The second kappa shape index (κ2) is 5.48. The number of hydrogen-bond donors (Lipinski definition) is 1. The summed E-state index contributed by atoms with van der Waals surface area (Å²) in [5.74, 6) is 0.142. The molecule has 1 aromatic carbocycles. The molecule has 94 valence electrons. The lowest BCUT2D eigenvalue weighted by Crippen LogP contribution is -2.54. The Labute approximate surface area is 115 Å². The second-order valence-corrected chi connectivity index (χ2v) is 5.24. The molecule has 0 radical (unpaired) electrons. The first-order valence-corrected chi connectivity index (χ1v) is 5.95. The van der Waals surface area contributed by atoms with Crippen LogP contribution in [0.3, 0.4) is 0 Å². The molecule has 1 heterocycles. The molecule has 5 heteroatoms. The highest BCUT2D eigenvalue weighted by Crippen LogP contribution is 2.31. The van der Waals surface area contributed by atoms with Crippen LogP contribution >= 0.6 is 28.3 Å². The third-order valence-corrected chi connectivity index (χ3v) is 3.26. The van der Waals surface area contributed by atoms with Crippen molar-refractivity contribution in [1.29, 1.82) is 0 Å². The van der Waals surface area contributed by atoms with E-state index >= 15 is 0 Å². The van der Waals surface area contributed by atoms with Gasteiger partial charge < -0.3 is 10.5 Å². The number of carbonyl (C=O) groups is 1. The molecule has 1 saturated heterocycles. The fourth-order valence-corrected chi connectivity index (χ4v) is 2.35. The molecule has 0 bridgehead atoms. The van der Waals surface area contributed by atoms with Gasteiger partial charge in [0.15, 0.2) is 0 Å². The van der Waals surface area contributed by atoms with E-state index in [0.29, 0.717) is 19.6 Å². The Balaban J connectivity index is 0.00000144. The van der Waals surface area contributed by atoms with Crippen molar-refractivity contribution in [2.75, 3.05) is 13.2 Å². The standard InChI is InChI=1S/C12H14BrNO2.ClH/c1-8(15)4-9-5-10(13)2-3-11(9)12(14)6-16-7-12;/h2-3,5H,4,6-7,14H2,1H3;1H. The summed E-state index contributed by atoms with van der Waals surface area (Å²) in [6.45, 7) is 2.64. The fourth-order valence-electron chi connectivity index (χ4n) is 1.94. The molecule has 0 spiro atoms. The number of rotatable bonds is 3. The Kier molecular flexibility index (Phi) is 4.72. The molecule has 0 aliphatic carbocycles. The molecule has 0 amide bonds. The zero-order valence-electron chi connectivity index (χ0n) is 9.53. The summed E-state index contributed by atoms with van der Waals surface area (Å²) >= 11 is 3.41. The molecule has 1 aliphatic heterocycles. The Morgan fingerprint density at radius 2 is 2.18 bits per heavy atom. The van der Waals surface area contributed by atoms with Gasteiger partial charge in [0.2, 0.25) is 0 Å². The van der Waals surface area contributed by atoms with Crippen molar-refractivity contribution in [3.05, 3.63) is 33.8 Å². The minimum atomic E-state index is -0.411. The van der Waals surface area contributed by atoms with E-state index in [1.54, 1.807) is 6.92 Å². The van der Waals surface area contributed by atoms with Crippen LogP contribution in [0.15, 0.2) is 22.7 Å². The average molecular weight is 321 g/mol. The normalized spacial score (nSPS) is 16.9. The monoisotopic (exact) mass is 319 g/mol. The maximum Gasteiger partial charge on any atom is 0.134 e. The van der Waals surface area contributed by atoms with Crippen LogP contribution in [-0.4, -0.2) is 19.0 Å². The first-order chi connectivity index (χ1) is 7.51. The van der Waals surface area contributed by atoms with E-state index in [-0.39, 0.29) is 18.2 Å². The molecule has 17 heavy (non-hydrogen) atoms. The summed E-state index contributed by atoms with van der Waals surface area (Å²) in [6.07, 6.45) is 0.424. The van der Waals surface area contributed by atoms with Gasteiger partial charge in [0.1, 0.15) is 5.78 Å². The maximum atomic E-state index is 11.2. The van der Waals surface area contributed by atoms with E-state index < -0.39 is 5.54 Å². The molecule has 3 nitrogen and oxygen atoms in total. The molecular formula is C12H15BrClNO2. The summed E-state index contributed by atoms with van der Waals surface area (Å²) in [5, 5.41) is 0. The van der Waals surface area contributed by atoms with Gasteiger partial charge in [-0.05, 0) is 30.2 Å². The van der Waals surface area contributed by atoms with Crippen LogP contribution in [0.5, 0.6) is 0 Å². The molecule has 0 unspecified atom stereocenters. The number of benzene rings is 1. The van der Waals surface area contributed by atoms with Gasteiger partial charge in [-0.1, -0.05) is 22.0 Å². The minimum Gasteiger partial charge on any atom is -0.377 e. The van der Waals surface area contributed by atoms with E-state index in [1.165, 1.54) is 0 Å². The van der Waals surface area contributed by atoms with E-state index in [2.05, 4.69) is 15.9 Å². The second-order valence-electron chi connectivity index (χ2n) is 4.33. The number of ether oxygens (including phenoxy) is 1. The summed E-state index contributed by atoms with van der Waals surface area (Å²) in [4.78, 5) is 11.2. The van der Waals surface area contributed by atoms with Crippen molar-refractivity contribution in [1.82, 2.24) is 0 Å². The summed E-state index contributed by atoms with van der Waals surface area (Å²) < 4.78 is 6.13. The molecule has 0 atom stereocenters. The topological polar surface area (TPSA) is 52.3 Å². The van der Waals surface area contributed by atoms with Crippen molar-refractivity contribution in [3.8, 4) is 0 Å². The van der Waals surface area contributed by atoms with Gasteiger partial charge in [0, 0.05) is 10.9 Å². The zero-order chi connectivity index (χ0) is 11.8. The Morgan fingerprint density at radius 3 is 2.65 bits per heavy atom. The van der Waals surface area contributed by atoms with Gasteiger partial charge in [-0.15, -0.1) is 12.4 Å². The van der Waals surface area contributed by atoms with Crippen LogP contribution < -0.4 is 5.73 Å². The van der Waals surface area contributed by atoms with Crippen molar-refractivity contribution >= 4 is 34.1 Å². The van der Waals surface area contributed by atoms with Crippen LogP contribution in [0.4, 0.5) is 0 Å². The van der Waals surface area contributed by atoms with E-state index in [0.717, 1.165) is 15.6 Å². The van der Waals surface area contributed by atoms with Gasteiger partial charge in [-0.3, -0.25) is 4.79 Å². The largest absolute Gasteiger partial charge is 0.377 e. The van der Waals surface area contributed by atoms with E-state index in [1.807, 2.05) is 18.2 Å². The van der Waals surface area contributed by atoms with Gasteiger partial charge in [0.25, 0.3) is 0 Å². The third kappa shape index (κ3) is 3.07. The van der Waals surface area contributed by atoms with Gasteiger partial charge in [-0.25, -0.2) is 0 Å². The molecule has 1 aromatic rings.